The highest BCUT2D eigenvalue weighted by molar-refractivity contribution is 5.99. The van der Waals surface area contributed by atoms with Crippen LogP contribution >= 0.6 is 0 Å². The topological polar surface area (TPSA) is 115 Å². The maximum atomic E-state index is 11.7. The van der Waals surface area contributed by atoms with Crippen LogP contribution in [0.3, 0.4) is 0 Å². The van der Waals surface area contributed by atoms with Crippen LogP contribution in [-0.2, 0) is 9.59 Å². The van der Waals surface area contributed by atoms with Gasteiger partial charge in [0.05, 0.1) is 0 Å². The van der Waals surface area contributed by atoms with E-state index < -0.39 is 17.9 Å². The van der Waals surface area contributed by atoms with Crippen LogP contribution in [0.1, 0.15) is 12.5 Å². The number of amides is 1. The second kappa shape index (κ2) is 6.89. The number of carbonyl (C=O) groups is 2. The fraction of sp³-hybridized carbons (Fsp3) is 0.231. The summed E-state index contributed by atoms with van der Waals surface area (Å²) in [6, 6.07) is 4.17. The van der Waals surface area contributed by atoms with Crippen LogP contribution in [-0.4, -0.2) is 28.0 Å². The molecule has 104 valence electrons. The Hall–Kier alpha value is -2.88. The van der Waals surface area contributed by atoms with Crippen molar-refractivity contribution in [2.24, 2.45) is 0 Å². The minimum Gasteiger partial charge on any atom is -0.480 e. The number of anilines is 1. The fourth-order valence-electron chi connectivity index (χ4n) is 1.25. The summed E-state index contributed by atoms with van der Waals surface area (Å²) in [7, 11) is 0. The van der Waals surface area contributed by atoms with E-state index in [4.69, 9.17) is 10.4 Å². The first-order chi connectivity index (χ1) is 9.43. The number of carbonyl (C=O) groups excluding carboxylic acids is 1. The molecule has 0 saturated heterocycles. The van der Waals surface area contributed by atoms with Gasteiger partial charge in [-0.2, -0.15) is 5.26 Å². The highest BCUT2D eigenvalue weighted by Gasteiger charge is 2.16. The minimum absolute atomic E-state index is 0.235. The van der Waals surface area contributed by atoms with Crippen LogP contribution in [0.4, 0.5) is 5.82 Å². The molecule has 1 unspecified atom stereocenters. The maximum Gasteiger partial charge on any atom is 0.325 e. The zero-order valence-electron chi connectivity index (χ0n) is 11.0. The molecular formula is C13H14N4O3. The van der Waals surface area contributed by atoms with Crippen molar-refractivity contribution < 1.29 is 14.7 Å². The van der Waals surface area contributed by atoms with Gasteiger partial charge in [0.2, 0.25) is 0 Å². The summed E-state index contributed by atoms with van der Waals surface area (Å²) in [5.74, 6) is -1.46. The smallest absolute Gasteiger partial charge is 0.325 e. The van der Waals surface area contributed by atoms with Crippen LogP contribution in [0.5, 0.6) is 0 Å². The molecule has 0 aliphatic carbocycles. The number of aryl methyl sites for hydroxylation is 1. The third-order valence-electron chi connectivity index (χ3n) is 2.36. The average Bonchev–Trinajstić information content (AvgIpc) is 2.39. The van der Waals surface area contributed by atoms with Gasteiger partial charge < -0.3 is 15.7 Å². The maximum absolute atomic E-state index is 11.7. The standard InChI is InChI=1S/C13H14N4O3/c1-8-3-4-15-11(5-8)16-7-10(6-14)12(18)17-9(2)13(19)20/h3-5,7,9H,1-2H3,(H,15,16)(H,17,18)(H,19,20)/b10-7-. The Morgan fingerprint density at radius 1 is 1.55 bits per heavy atom. The summed E-state index contributed by atoms with van der Waals surface area (Å²) in [6.07, 6.45) is 2.77. The number of nitrogens with one attached hydrogen (secondary N) is 2. The molecule has 0 bridgehead atoms. The zero-order chi connectivity index (χ0) is 15.1. The van der Waals surface area contributed by atoms with Crippen LogP contribution < -0.4 is 10.6 Å². The Morgan fingerprint density at radius 3 is 2.80 bits per heavy atom. The van der Waals surface area contributed by atoms with E-state index in [0.29, 0.717) is 5.82 Å². The predicted molar refractivity (Wildman–Crippen MR) is 71.5 cm³/mol. The molecule has 7 heteroatoms. The first-order valence-corrected chi connectivity index (χ1v) is 5.77. The van der Waals surface area contributed by atoms with Gasteiger partial charge in [-0.15, -0.1) is 0 Å². The van der Waals surface area contributed by atoms with E-state index in [1.54, 1.807) is 24.4 Å². The fourth-order valence-corrected chi connectivity index (χ4v) is 1.25. The number of rotatable bonds is 5. The molecule has 20 heavy (non-hydrogen) atoms. The van der Waals surface area contributed by atoms with Crippen molar-refractivity contribution in [2.75, 3.05) is 5.32 Å². The Balaban J connectivity index is 2.75. The van der Waals surface area contributed by atoms with Gasteiger partial charge in [0.25, 0.3) is 5.91 Å². The van der Waals surface area contributed by atoms with Crippen molar-refractivity contribution in [1.29, 1.82) is 5.26 Å². The average molecular weight is 274 g/mol. The Morgan fingerprint density at radius 2 is 2.25 bits per heavy atom. The van der Waals surface area contributed by atoms with E-state index in [1.165, 1.54) is 13.1 Å². The summed E-state index contributed by atoms with van der Waals surface area (Å²) in [6.45, 7) is 3.19. The lowest BCUT2D eigenvalue weighted by molar-refractivity contribution is -0.140. The van der Waals surface area contributed by atoms with Crippen LogP contribution in [0.15, 0.2) is 30.1 Å². The third kappa shape index (κ3) is 4.42. The van der Waals surface area contributed by atoms with E-state index in [1.807, 2.05) is 6.92 Å². The second-order valence-corrected chi connectivity index (χ2v) is 4.07. The summed E-state index contributed by atoms with van der Waals surface area (Å²) in [5.41, 5.74) is 0.736. The van der Waals surface area contributed by atoms with E-state index in [0.717, 1.165) is 5.56 Å². The molecule has 1 atom stereocenters. The van der Waals surface area contributed by atoms with Crippen LogP contribution in [0, 0.1) is 18.3 Å². The molecule has 0 aliphatic rings. The molecular weight excluding hydrogens is 260 g/mol. The van der Waals surface area contributed by atoms with Gasteiger partial charge in [0, 0.05) is 12.4 Å². The SMILES string of the molecule is Cc1ccnc(N/C=C(/C#N)C(=O)NC(C)C(=O)O)c1. The molecule has 0 radical (unpaired) electrons. The number of hydrogen-bond acceptors (Lipinski definition) is 5. The Labute approximate surface area is 115 Å². The monoisotopic (exact) mass is 274 g/mol. The van der Waals surface area contributed by atoms with Crippen molar-refractivity contribution in [3.05, 3.63) is 35.7 Å². The molecule has 0 saturated carbocycles. The third-order valence-corrected chi connectivity index (χ3v) is 2.36. The molecule has 0 aromatic carbocycles. The molecule has 0 spiro atoms. The molecule has 1 aromatic rings. The summed E-state index contributed by atoms with van der Waals surface area (Å²) in [4.78, 5) is 26.3. The van der Waals surface area contributed by atoms with Crippen molar-refractivity contribution in [3.63, 3.8) is 0 Å². The summed E-state index contributed by atoms with van der Waals surface area (Å²) < 4.78 is 0. The van der Waals surface area contributed by atoms with Crippen LogP contribution in [0.2, 0.25) is 0 Å². The van der Waals surface area contributed by atoms with E-state index in [9.17, 15) is 9.59 Å². The lowest BCUT2D eigenvalue weighted by Gasteiger charge is -2.08. The molecule has 1 amide bonds. The van der Waals surface area contributed by atoms with Gasteiger partial charge in [0.1, 0.15) is 23.5 Å². The summed E-state index contributed by atoms with van der Waals surface area (Å²) >= 11 is 0. The molecule has 0 aliphatic heterocycles. The molecule has 1 aromatic heterocycles. The van der Waals surface area contributed by atoms with Gasteiger partial charge in [0.15, 0.2) is 0 Å². The van der Waals surface area contributed by atoms with E-state index >= 15 is 0 Å². The van der Waals surface area contributed by atoms with Gasteiger partial charge in [-0.1, -0.05) is 0 Å². The molecule has 1 heterocycles. The first-order valence-electron chi connectivity index (χ1n) is 5.77. The number of aliphatic carboxylic acids is 1. The number of carboxylic acid groups (broad SMARTS) is 1. The normalized spacial score (nSPS) is 12.2. The number of aromatic nitrogens is 1. The largest absolute Gasteiger partial charge is 0.480 e. The van der Waals surface area contributed by atoms with Crippen molar-refractivity contribution in [2.45, 2.75) is 19.9 Å². The van der Waals surface area contributed by atoms with Crippen molar-refractivity contribution in [1.82, 2.24) is 10.3 Å². The Kier molecular flexibility index (Phi) is 5.23. The Bertz CT molecular complexity index is 590. The van der Waals surface area contributed by atoms with Gasteiger partial charge in [-0.25, -0.2) is 4.98 Å². The number of hydrogen-bond donors (Lipinski definition) is 3. The van der Waals surface area contributed by atoms with Gasteiger partial charge >= 0.3 is 5.97 Å². The molecule has 0 fully saturated rings. The molecule has 7 nitrogen and oxygen atoms in total. The van der Waals surface area contributed by atoms with Crippen molar-refractivity contribution in [3.8, 4) is 6.07 Å². The van der Waals surface area contributed by atoms with E-state index in [2.05, 4.69) is 15.6 Å². The highest BCUT2D eigenvalue weighted by atomic mass is 16.4. The highest BCUT2D eigenvalue weighted by Crippen LogP contribution is 2.06. The minimum atomic E-state index is -1.18. The lowest BCUT2D eigenvalue weighted by atomic mass is 10.2. The number of carboxylic acids is 1. The first kappa shape index (κ1) is 15.2. The van der Waals surface area contributed by atoms with Crippen molar-refractivity contribution >= 4 is 17.7 Å². The number of nitrogens with zero attached hydrogens (tertiary/aromatic N) is 2. The van der Waals surface area contributed by atoms with Gasteiger partial charge in [-0.3, -0.25) is 9.59 Å². The van der Waals surface area contributed by atoms with E-state index in [-0.39, 0.29) is 5.57 Å². The van der Waals surface area contributed by atoms with Crippen LogP contribution in [0.25, 0.3) is 0 Å². The quantitative estimate of drug-likeness (QED) is 0.540. The number of nitriles is 1. The second-order valence-electron chi connectivity index (χ2n) is 4.07. The predicted octanol–water partition coefficient (Wildman–Crippen LogP) is 0.799. The van der Waals surface area contributed by atoms with Gasteiger partial charge in [-0.05, 0) is 31.5 Å². The lowest BCUT2D eigenvalue weighted by Crippen LogP contribution is -2.39. The summed E-state index contributed by atoms with van der Waals surface area (Å²) in [5, 5.41) is 22.5. The molecule has 3 N–H and O–H groups in total. The zero-order valence-corrected chi connectivity index (χ0v) is 11.0. The number of pyridine rings is 1. The molecule has 1 rings (SSSR count).